The van der Waals surface area contributed by atoms with Crippen molar-refractivity contribution >= 4 is 17.2 Å². The van der Waals surface area contributed by atoms with Crippen LogP contribution in [0, 0.1) is 0 Å². The lowest BCUT2D eigenvalue weighted by molar-refractivity contribution is -0.133. The third-order valence-electron chi connectivity index (χ3n) is 6.50. The first-order valence-electron chi connectivity index (χ1n) is 13.1. The number of carbonyl (C=O) groups excluding carboxylic acids is 1. The standard InChI is InChI=1S/C30H37N3O4/c1-5-7-17-36-22(3)37-26-13-10-24(11-14-26)25-12-15-29-28(18-25)27(30(34)35-4)9-8-16-32(29)20-23-19-31-33(6-2)21-23/h9-15,18-19,21-22H,5-8,16-17,20H2,1-4H3. The average molecular weight is 504 g/mol. The fraction of sp³-hybridized carbons (Fsp3) is 0.400. The van der Waals surface area contributed by atoms with Gasteiger partial charge in [-0.1, -0.05) is 37.6 Å². The Bertz CT molecular complexity index is 1220. The van der Waals surface area contributed by atoms with Crippen molar-refractivity contribution in [3.05, 3.63) is 72.1 Å². The summed E-state index contributed by atoms with van der Waals surface area (Å²) >= 11 is 0. The number of hydrogen-bond acceptors (Lipinski definition) is 6. The lowest BCUT2D eigenvalue weighted by atomic mass is 9.97. The monoisotopic (exact) mass is 503 g/mol. The summed E-state index contributed by atoms with van der Waals surface area (Å²) in [6, 6.07) is 14.3. The van der Waals surface area contributed by atoms with Gasteiger partial charge in [-0.05, 0) is 62.1 Å². The Balaban J connectivity index is 1.59. The summed E-state index contributed by atoms with van der Waals surface area (Å²) in [7, 11) is 1.43. The Kier molecular flexibility index (Phi) is 9.01. The summed E-state index contributed by atoms with van der Waals surface area (Å²) in [4.78, 5) is 15.0. The minimum absolute atomic E-state index is 0.298. The van der Waals surface area contributed by atoms with Crippen LogP contribution in [0.2, 0.25) is 0 Å². The number of esters is 1. The predicted molar refractivity (Wildman–Crippen MR) is 146 cm³/mol. The van der Waals surface area contributed by atoms with Crippen molar-refractivity contribution in [1.82, 2.24) is 9.78 Å². The molecule has 0 radical (unpaired) electrons. The Hall–Kier alpha value is -3.58. The fourth-order valence-electron chi connectivity index (χ4n) is 4.50. The number of aryl methyl sites for hydroxylation is 1. The predicted octanol–water partition coefficient (Wildman–Crippen LogP) is 6.08. The molecule has 196 valence electrons. The second-order valence-electron chi connectivity index (χ2n) is 9.19. The molecule has 37 heavy (non-hydrogen) atoms. The molecule has 3 aromatic rings. The molecule has 1 aliphatic rings. The van der Waals surface area contributed by atoms with Crippen molar-refractivity contribution < 1.29 is 19.0 Å². The summed E-state index contributed by atoms with van der Waals surface area (Å²) in [6.45, 7) is 9.18. The number of rotatable bonds is 11. The van der Waals surface area contributed by atoms with E-state index in [1.165, 1.54) is 7.11 Å². The van der Waals surface area contributed by atoms with Crippen molar-refractivity contribution in [3.8, 4) is 16.9 Å². The fourth-order valence-corrected chi connectivity index (χ4v) is 4.50. The lowest BCUT2D eigenvalue weighted by Gasteiger charge is -2.25. The van der Waals surface area contributed by atoms with Gasteiger partial charge >= 0.3 is 5.97 Å². The van der Waals surface area contributed by atoms with Gasteiger partial charge in [0, 0.05) is 42.6 Å². The van der Waals surface area contributed by atoms with Crippen LogP contribution in [-0.4, -0.2) is 42.3 Å². The summed E-state index contributed by atoms with van der Waals surface area (Å²) in [5, 5.41) is 4.42. The largest absolute Gasteiger partial charge is 0.465 e. The van der Waals surface area contributed by atoms with Gasteiger partial charge < -0.3 is 19.1 Å². The Labute approximate surface area is 219 Å². The van der Waals surface area contributed by atoms with Crippen molar-refractivity contribution in [1.29, 1.82) is 0 Å². The molecule has 7 heteroatoms. The molecule has 1 atom stereocenters. The molecule has 1 unspecified atom stereocenters. The Morgan fingerprint density at radius 3 is 2.59 bits per heavy atom. The first-order valence-corrected chi connectivity index (χ1v) is 13.1. The minimum Gasteiger partial charge on any atom is -0.465 e. The van der Waals surface area contributed by atoms with Gasteiger partial charge in [0.25, 0.3) is 0 Å². The van der Waals surface area contributed by atoms with Crippen LogP contribution in [0.15, 0.2) is 60.9 Å². The van der Waals surface area contributed by atoms with Gasteiger partial charge in [-0.3, -0.25) is 4.68 Å². The first-order chi connectivity index (χ1) is 18.0. The zero-order chi connectivity index (χ0) is 26.2. The number of fused-ring (bicyclic) bond motifs is 1. The highest BCUT2D eigenvalue weighted by Gasteiger charge is 2.23. The first kappa shape index (κ1) is 26.5. The van der Waals surface area contributed by atoms with E-state index in [1.54, 1.807) is 0 Å². The van der Waals surface area contributed by atoms with E-state index in [4.69, 9.17) is 14.2 Å². The molecule has 1 aliphatic heterocycles. The van der Waals surface area contributed by atoms with Gasteiger partial charge in [-0.15, -0.1) is 0 Å². The molecule has 0 spiro atoms. The average Bonchev–Trinajstić information content (AvgIpc) is 3.30. The lowest BCUT2D eigenvalue weighted by Crippen LogP contribution is -2.23. The molecule has 0 saturated carbocycles. The molecule has 0 bridgehead atoms. The van der Waals surface area contributed by atoms with Gasteiger partial charge in [-0.2, -0.15) is 5.10 Å². The molecule has 4 rings (SSSR count). The smallest absolute Gasteiger partial charge is 0.338 e. The maximum atomic E-state index is 12.7. The second-order valence-corrected chi connectivity index (χ2v) is 9.19. The van der Waals surface area contributed by atoms with E-state index >= 15 is 0 Å². The molecule has 1 aromatic heterocycles. The van der Waals surface area contributed by atoms with Crippen molar-refractivity contribution in [2.45, 2.75) is 59.4 Å². The van der Waals surface area contributed by atoms with Gasteiger partial charge in [0.05, 0.1) is 25.5 Å². The highest BCUT2D eigenvalue weighted by atomic mass is 16.7. The number of aromatic nitrogens is 2. The van der Waals surface area contributed by atoms with Crippen LogP contribution in [0.4, 0.5) is 5.69 Å². The topological polar surface area (TPSA) is 65.8 Å². The van der Waals surface area contributed by atoms with E-state index in [9.17, 15) is 4.79 Å². The van der Waals surface area contributed by atoms with Crippen LogP contribution in [0.1, 0.15) is 51.2 Å². The van der Waals surface area contributed by atoms with Crippen molar-refractivity contribution in [3.63, 3.8) is 0 Å². The molecule has 0 amide bonds. The number of anilines is 1. The van der Waals surface area contributed by atoms with Crippen LogP contribution >= 0.6 is 0 Å². The Morgan fingerprint density at radius 2 is 1.89 bits per heavy atom. The molecule has 0 N–H and O–H groups in total. The molecule has 7 nitrogen and oxygen atoms in total. The van der Waals surface area contributed by atoms with E-state index in [1.807, 2.05) is 48.1 Å². The van der Waals surface area contributed by atoms with E-state index in [0.29, 0.717) is 12.2 Å². The van der Waals surface area contributed by atoms with E-state index < -0.39 is 0 Å². The van der Waals surface area contributed by atoms with Crippen LogP contribution in [-0.2, 0) is 27.4 Å². The van der Waals surface area contributed by atoms with Crippen LogP contribution < -0.4 is 9.64 Å². The number of unbranched alkanes of at least 4 members (excludes halogenated alkanes) is 1. The molecule has 2 aromatic carbocycles. The zero-order valence-electron chi connectivity index (χ0n) is 22.3. The van der Waals surface area contributed by atoms with E-state index in [-0.39, 0.29) is 12.3 Å². The number of nitrogens with zero attached hydrogens (tertiary/aromatic N) is 3. The molecule has 2 heterocycles. The minimum atomic E-state index is -0.320. The normalized spacial score (nSPS) is 13.9. The Morgan fingerprint density at radius 1 is 1.11 bits per heavy atom. The van der Waals surface area contributed by atoms with Gasteiger partial charge in [0.1, 0.15) is 5.75 Å². The van der Waals surface area contributed by atoms with Crippen LogP contribution in [0.25, 0.3) is 16.7 Å². The number of ether oxygens (including phenoxy) is 3. The van der Waals surface area contributed by atoms with Crippen molar-refractivity contribution in [2.24, 2.45) is 0 Å². The third kappa shape index (κ3) is 6.60. The molecular formula is C30H37N3O4. The highest BCUT2D eigenvalue weighted by molar-refractivity contribution is 6.18. The van der Waals surface area contributed by atoms with Crippen LogP contribution in [0.5, 0.6) is 5.75 Å². The third-order valence-corrected chi connectivity index (χ3v) is 6.50. The van der Waals surface area contributed by atoms with E-state index in [2.05, 4.69) is 48.2 Å². The highest BCUT2D eigenvalue weighted by Crippen LogP contribution is 2.36. The van der Waals surface area contributed by atoms with Gasteiger partial charge in [0.2, 0.25) is 0 Å². The van der Waals surface area contributed by atoms with Gasteiger partial charge in [0.15, 0.2) is 6.29 Å². The maximum Gasteiger partial charge on any atom is 0.338 e. The summed E-state index contributed by atoms with van der Waals surface area (Å²) < 4.78 is 18.7. The molecule has 0 saturated heterocycles. The van der Waals surface area contributed by atoms with Crippen LogP contribution in [0.3, 0.4) is 0 Å². The maximum absolute atomic E-state index is 12.7. The molecular weight excluding hydrogens is 466 g/mol. The molecule has 0 aliphatic carbocycles. The quantitative estimate of drug-likeness (QED) is 0.180. The summed E-state index contributed by atoms with van der Waals surface area (Å²) in [5.41, 5.74) is 5.70. The number of methoxy groups -OCH3 is 1. The zero-order valence-corrected chi connectivity index (χ0v) is 22.3. The van der Waals surface area contributed by atoms with Crippen molar-refractivity contribution in [2.75, 3.05) is 25.2 Å². The number of hydrogen-bond donors (Lipinski definition) is 0. The van der Waals surface area contributed by atoms with Gasteiger partial charge in [-0.25, -0.2) is 4.79 Å². The molecule has 0 fully saturated rings. The SMILES string of the molecule is CCCCOC(C)Oc1ccc(-c2ccc3c(c2)C(C(=O)OC)=CCCN3Cc2cnn(CC)c2)cc1. The number of benzene rings is 2. The number of carbonyl (C=O) groups is 1. The van der Waals surface area contributed by atoms with E-state index in [0.717, 1.165) is 72.6 Å². The summed E-state index contributed by atoms with van der Waals surface area (Å²) in [5.74, 6) is 0.441. The summed E-state index contributed by atoms with van der Waals surface area (Å²) in [6.07, 6.45) is 8.54. The second kappa shape index (κ2) is 12.6.